The Morgan fingerprint density at radius 3 is 2.06 bits per heavy atom. The zero-order valence-corrected chi connectivity index (χ0v) is 35.1. The monoisotopic (exact) mass is 849 g/mol. The van der Waals surface area contributed by atoms with Gasteiger partial charge in [0.1, 0.15) is 23.7 Å². The topological polar surface area (TPSA) is 270 Å². The predicted molar refractivity (Wildman–Crippen MR) is 238 cm³/mol. The van der Waals surface area contributed by atoms with E-state index >= 15 is 0 Å². The normalized spacial score (nSPS) is 14.7. The van der Waals surface area contributed by atoms with Crippen molar-refractivity contribution in [3.8, 4) is 0 Å². The molecular weight excluding hydrogens is 791 g/mol. The number of nitrogens with two attached hydrogens (primary N) is 2. The summed E-state index contributed by atoms with van der Waals surface area (Å²) in [7, 11) is 0. The van der Waals surface area contributed by atoms with Gasteiger partial charge in [0.15, 0.2) is 5.96 Å². The Bertz CT molecular complexity index is 2150. The van der Waals surface area contributed by atoms with E-state index in [0.717, 1.165) is 34.1 Å². The van der Waals surface area contributed by atoms with Crippen LogP contribution in [0.2, 0.25) is 0 Å². The second-order valence-corrected chi connectivity index (χ2v) is 15.6. The van der Waals surface area contributed by atoms with Crippen molar-refractivity contribution >= 4 is 58.0 Å². The molecule has 1 aromatic heterocycles. The summed E-state index contributed by atoms with van der Waals surface area (Å²) in [5.41, 5.74) is 12.8. The summed E-state index contributed by atoms with van der Waals surface area (Å²) < 4.78 is 0. The Kier molecular flexibility index (Phi) is 16.8. The van der Waals surface area contributed by atoms with Gasteiger partial charge in [-0.2, -0.15) is 0 Å². The van der Waals surface area contributed by atoms with Crippen LogP contribution >= 0.6 is 0 Å². The van der Waals surface area contributed by atoms with Gasteiger partial charge in [-0.05, 0) is 61.4 Å². The van der Waals surface area contributed by atoms with E-state index in [2.05, 4.69) is 41.8 Å². The van der Waals surface area contributed by atoms with Crippen molar-refractivity contribution in [1.82, 2.24) is 36.9 Å². The number of benzene rings is 3. The molecule has 0 spiro atoms. The van der Waals surface area contributed by atoms with Crippen LogP contribution in [0.15, 0.2) is 91.1 Å². The van der Waals surface area contributed by atoms with Crippen molar-refractivity contribution in [2.45, 2.75) is 88.4 Å². The van der Waals surface area contributed by atoms with Crippen LogP contribution in [0, 0.1) is 5.41 Å². The number of aromatic amines is 1. The third-order valence-corrected chi connectivity index (χ3v) is 11.0. The third kappa shape index (κ3) is 13.3. The van der Waals surface area contributed by atoms with Crippen LogP contribution in [0.3, 0.4) is 0 Å². The van der Waals surface area contributed by atoms with Gasteiger partial charge in [0.2, 0.25) is 35.4 Å². The molecule has 62 heavy (non-hydrogen) atoms. The molecule has 6 amide bonds. The number of unbranched alkanes of at least 4 members (excludes halogenated alkanes) is 1. The number of hydrogen-bond acceptors (Lipinski definition) is 8. The molecule has 1 fully saturated rings. The number of rotatable bonds is 22. The van der Waals surface area contributed by atoms with Crippen molar-refractivity contribution in [3.63, 3.8) is 0 Å². The summed E-state index contributed by atoms with van der Waals surface area (Å²) >= 11 is 0. The van der Waals surface area contributed by atoms with E-state index in [9.17, 15) is 28.8 Å². The first-order valence-corrected chi connectivity index (χ1v) is 21.1. The lowest BCUT2D eigenvalue weighted by molar-refractivity contribution is -0.138. The van der Waals surface area contributed by atoms with Crippen LogP contribution < -0.4 is 48.3 Å². The van der Waals surface area contributed by atoms with E-state index in [1.807, 2.05) is 91.9 Å². The summed E-state index contributed by atoms with van der Waals surface area (Å²) in [5, 5.41) is 25.2. The second kappa shape index (κ2) is 22.6. The van der Waals surface area contributed by atoms with Crippen LogP contribution in [-0.2, 0) is 41.6 Å². The predicted octanol–water partition coefficient (Wildman–Crippen LogP) is 1.62. The first-order valence-electron chi connectivity index (χ1n) is 21.1. The number of anilines is 1. The highest BCUT2D eigenvalue weighted by atomic mass is 16.2. The van der Waals surface area contributed by atoms with Gasteiger partial charge in [-0.3, -0.25) is 34.2 Å². The van der Waals surface area contributed by atoms with Gasteiger partial charge < -0.3 is 53.3 Å². The van der Waals surface area contributed by atoms with Gasteiger partial charge in [-0.15, -0.1) is 0 Å². The number of piperidine rings is 1. The largest absolute Gasteiger partial charge is 0.371 e. The Morgan fingerprint density at radius 1 is 0.758 bits per heavy atom. The molecule has 0 saturated carbocycles. The summed E-state index contributed by atoms with van der Waals surface area (Å²) in [6.45, 7) is 2.69. The van der Waals surface area contributed by atoms with Crippen LogP contribution in [-0.4, -0.2) is 96.2 Å². The number of aromatic nitrogens is 1. The van der Waals surface area contributed by atoms with Crippen molar-refractivity contribution in [2.24, 2.45) is 11.5 Å². The number of H-pyrrole nitrogens is 1. The van der Waals surface area contributed by atoms with Crippen molar-refractivity contribution < 1.29 is 28.8 Å². The molecule has 17 nitrogen and oxygen atoms in total. The molecule has 3 aromatic carbocycles. The zero-order chi connectivity index (χ0) is 44.5. The van der Waals surface area contributed by atoms with E-state index in [1.54, 1.807) is 6.20 Å². The number of fused-ring (bicyclic) bond motifs is 1. The minimum atomic E-state index is -1.31. The first-order chi connectivity index (χ1) is 29.9. The number of carbonyl (C=O) groups is 6. The fourth-order valence-corrected chi connectivity index (χ4v) is 7.59. The summed E-state index contributed by atoms with van der Waals surface area (Å²) in [6, 6.07) is 22.8. The number of para-hydroxylation sites is 2. The number of amides is 6. The first kappa shape index (κ1) is 46.2. The van der Waals surface area contributed by atoms with Crippen LogP contribution in [0.5, 0.6) is 0 Å². The van der Waals surface area contributed by atoms with E-state index in [4.69, 9.17) is 16.9 Å². The van der Waals surface area contributed by atoms with Crippen LogP contribution in [0.1, 0.15) is 63.0 Å². The maximum atomic E-state index is 14.6. The maximum absolute atomic E-state index is 14.6. The fraction of sp³-hybridized carbons (Fsp3) is 0.400. The van der Waals surface area contributed by atoms with E-state index in [-0.39, 0.29) is 63.4 Å². The van der Waals surface area contributed by atoms with Gasteiger partial charge in [-0.25, -0.2) is 0 Å². The quantitative estimate of drug-likeness (QED) is 0.0312. The Hall–Kier alpha value is -6.91. The van der Waals surface area contributed by atoms with Gasteiger partial charge in [-0.1, -0.05) is 80.1 Å². The maximum Gasteiger partial charge on any atom is 0.246 e. The molecule has 1 aliphatic rings. The minimum absolute atomic E-state index is 0.0351. The van der Waals surface area contributed by atoms with Gasteiger partial charge in [0, 0.05) is 61.7 Å². The lowest BCUT2D eigenvalue weighted by Gasteiger charge is -2.42. The van der Waals surface area contributed by atoms with E-state index in [0.29, 0.717) is 19.5 Å². The molecule has 17 heteroatoms. The number of carbonyl (C=O) groups excluding carboxylic acids is 6. The highest BCUT2D eigenvalue weighted by Gasteiger charge is 2.44. The minimum Gasteiger partial charge on any atom is -0.371 e. The van der Waals surface area contributed by atoms with Crippen molar-refractivity contribution in [2.75, 3.05) is 31.1 Å². The van der Waals surface area contributed by atoms with Crippen LogP contribution in [0.4, 0.5) is 5.69 Å². The van der Waals surface area contributed by atoms with E-state index < -0.39 is 59.7 Å². The molecule has 3 atom stereocenters. The second-order valence-electron chi connectivity index (χ2n) is 15.6. The van der Waals surface area contributed by atoms with Gasteiger partial charge in [0.25, 0.3) is 0 Å². The number of nitrogens with one attached hydrogen (secondary N) is 8. The van der Waals surface area contributed by atoms with Gasteiger partial charge >= 0.3 is 0 Å². The molecule has 0 unspecified atom stereocenters. The van der Waals surface area contributed by atoms with Crippen LogP contribution in [0.25, 0.3) is 10.9 Å². The summed E-state index contributed by atoms with van der Waals surface area (Å²) in [4.78, 5) is 87.2. The Balaban J connectivity index is 1.41. The smallest absolute Gasteiger partial charge is 0.246 e. The molecule has 4 aromatic rings. The lowest BCUT2D eigenvalue weighted by atomic mass is 9.85. The molecule has 5 rings (SSSR count). The Morgan fingerprint density at radius 2 is 1.39 bits per heavy atom. The van der Waals surface area contributed by atoms with E-state index in [1.165, 1.54) is 0 Å². The zero-order valence-electron chi connectivity index (χ0n) is 35.1. The fourth-order valence-electron chi connectivity index (χ4n) is 7.59. The van der Waals surface area contributed by atoms with Crippen molar-refractivity contribution in [3.05, 3.63) is 102 Å². The molecule has 2 heterocycles. The summed E-state index contributed by atoms with van der Waals surface area (Å²) in [6.07, 6.45) is 4.44. The standard InChI is InChI=1S/C45H59N11O6/c1-2-3-20-39(58)55-45(21-24-56(25-22-45)32-15-8-5-9-16-32)43(62)54-36(26-30-13-6-4-7-14-30)42(61)52-35(19-12-23-49-44(47)48)41(60)53-37(40(59)51-29-38(46)57)27-31-28-50-34-18-11-10-17-33(31)34/h4-11,13-18,28,35-37,50H,2-3,12,19-27,29H2,1H3,(H2,46,57)(H,51,59)(H,52,61)(H,53,60)(H,54,62)(H,55,58)(H4,47,48,49)/t35-,36+,37-/m0/s1. The highest BCUT2D eigenvalue weighted by Crippen LogP contribution is 2.28. The Labute approximate surface area is 361 Å². The molecule has 12 N–H and O–H groups in total. The average Bonchev–Trinajstić information content (AvgIpc) is 3.68. The molecule has 0 bridgehead atoms. The summed E-state index contributed by atoms with van der Waals surface area (Å²) in [5.74, 6) is -3.82. The molecule has 0 radical (unpaired) electrons. The van der Waals surface area contributed by atoms with Gasteiger partial charge in [0.05, 0.1) is 6.54 Å². The number of hydrogen-bond donors (Lipinski definition) is 10. The highest BCUT2D eigenvalue weighted by molar-refractivity contribution is 5.98. The van der Waals surface area contributed by atoms with Crippen molar-refractivity contribution in [1.29, 1.82) is 5.41 Å². The number of nitrogens with zero attached hydrogens (tertiary/aromatic N) is 1. The third-order valence-electron chi connectivity index (χ3n) is 11.0. The molecular formula is C45H59N11O6. The molecule has 1 saturated heterocycles. The lowest BCUT2D eigenvalue weighted by Crippen LogP contribution is -2.66. The molecule has 330 valence electrons. The SMILES string of the molecule is CCCCC(=O)NC1(C(=O)N[C@H](Cc2ccccc2)C(=O)N[C@@H](CCCNC(=N)N)C(=O)N[C@@H](Cc2c[nH]c3ccccc23)C(=O)NCC(N)=O)CCN(c2ccccc2)CC1. The number of guanidine groups is 1. The average molecular weight is 850 g/mol. The number of primary amides is 1. The molecule has 1 aliphatic heterocycles. The molecule has 0 aliphatic carbocycles.